The summed E-state index contributed by atoms with van der Waals surface area (Å²) in [7, 11) is 0. The summed E-state index contributed by atoms with van der Waals surface area (Å²) in [6.07, 6.45) is 0. The maximum Gasteiger partial charge on any atom is 0.411 e. The van der Waals surface area contributed by atoms with Crippen molar-refractivity contribution >= 4 is 11.6 Å². The first-order chi connectivity index (χ1) is 15.4. The van der Waals surface area contributed by atoms with Crippen molar-refractivity contribution in [1.82, 2.24) is 29.4 Å². The second-order valence-electron chi connectivity index (χ2n) is 7.58. The zero-order valence-corrected chi connectivity index (χ0v) is 17.8. The number of nitrogens with one attached hydrogen (secondary N) is 1. The lowest BCUT2D eigenvalue weighted by atomic mass is 9.99. The van der Waals surface area contributed by atoms with Gasteiger partial charge in [0, 0.05) is 23.9 Å². The predicted molar refractivity (Wildman–Crippen MR) is 117 cm³/mol. The Hall–Kier alpha value is -4.34. The van der Waals surface area contributed by atoms with E-state index in [1.54, 1.807) is 6.92 Å². The highest BCUT2D eigenvalue weighted by atomic mass is 16.4. The summed E-state index contributed by atoms with van der Waals surface area (Å²) >= 11 is 0. The number of hydrogen-bond donors (Lipinski definition) is 1. The van der Waals surface area contributed by atoms with Gasteiger partial charge in [-0.15, -0.1) is 19.7 Å². The van der Waals surface area contributed by atoms with E-state index < -0.39 is 5.69 Å². The number of hydrogen-bond acceptors (Lipinski definition) is 7. The van der Waals surface area contributed by atoms with Gasteiger partial charge in [-0.3, -0.25) is 10.7 Å². The maximum absolute atomic E-state index is 13.2. The lowest BCUT2D eigenvalue weighted by Crippen LogP contribution is -2.28. The lowest BCUT2D eigenvalue weighted by Gasteiger charge is -2.10. The molecule has 10 heteroatoms. The molecular formula is C22H21N8O2+. The summed E-state index contributed by atoms with van der Waals surface area (Å²) in [5, 5.41) is 12.4. The molecule has 3 N–H and O–H groups in total. The topological polar surface area (TPSA) is 131 Å². The van der Waals surface area contributed by atoms with Gasteiger partial charge < -0.3 is 4.42 Å². The number of fused-ring (bicyclic) bond motifs is 1. The van der Waals surface area contributed by atoms with Crippen LogP contribution < -0.4 is 16.4 Å². The quantitative estimate of drug-likeness (QED) is 0.462. The van der Waals surface area contributed by atoms with Crippen LogP contribution in [-0.2, 0) is 6.54 Å². The second-order valence-corrected chi connectivity index (χ2v) is 7.58. The number of nitrogens with two attached hydrogens (primary N) is 1. The third-order valence-electron chi connectivity index (χ3n) is 5.09. The molecular weight excluding hydrogens is 408 g/mol. The minimum atomic E-state index is -0.409. The molecule has 0 fully saturated rings. The average molecular weight is 429 g/mol. The Labute approximate surface area is 182 Å². The fourth-order valence-corrected chi connectivity index (χ4v) is 3.85. The Morgan fingerprint density at radius 3 is 2.41 bits per heavy atom. The highest BCUT2D eigenvalue weighted by Crippen LogP contribution is 2.32. The van der Waals surface area contributed by atoms with Crippen molar-refractivity contribution in [2.45, 2.75) is 27.3 Å². The summed E-state index contributed by atoms with van der Waals surface area (Å²) < 4.78 is 8.06. The molecule has 0 amide bonds. The molecule has 0 aliphatic heterocycles. The first-order valence-corrected chi connectivity index (χ1v) is 10.0. The average Bonchev–Trinajstić information content (AvgIpc) is 3.31. The van der Waals surface area contributed by atoms with Gasteiger partial charge in [-0.25, -0.2) is 9.78 Å². The van der Waals surface area contributed by atoms with E-state index in [4.69, 9.17) is 10.2 Å². The van der Waals surface area contributed by atoms with Crippen molar-refractivity contribution < 1.29 is 9.40 Å². The third-order valence-corrected chi connectivity index (χ3v) is 5.09. The highest BCUT2D eigenvalue weighted by Gasteiger charge is 2.26. The number of anilines is 1. The van der Waals surface area contributed by atoms with Gasteiger partial charge in [0.15, 0.2) is 0 Å². The molecule has 0 aliphatic rings. The molecule has 0 atom stereocenters. The van der Waals surface area contributed by atoms with Crippen LogP contribution in [-0.4, -0.2) is 29.4 Å². The zero-order chi connectivity index (χ0) is 22.4. The van der Waals surface area contributed by atoms with Crippen LogP contribution in [0.1, 0.15) is 23.2 Å². The number of rotatable bonds is 4. The molecule has 1 aromatic carbocycles. The Morgan fingerprint density at radius 1 is 1.03 bits per heavy atom. The Kier molecular flexibility index (Phi) is 4.54. The van der Waals surface area contributed by atoms with Crippen LogP contribution in [0.25, 0.3) is 28.0 Å². The van der Waals surface area contributed by atoms with Crippen LogP contribution in [0.5, 0.6) is 0 Å². The molecule has 0 spiro atoms. The summed E-state index contributed by atoms with van der Waals surface area (Å²) in [4.78, 5) is 20.9. The van der Waals surface area contributed by atoms with Gasteiger partial charge in [0.1, 0.15) is 12.2 Å². The van der Waals surface area contributed by atoms with Crippen LogP contribution in [0.3, 0.4) is 0 Å². The standard InChI is InChI=1S/C22H20N8O2/c1-12-9-16(10-13(2)24-12)18-19(15-7-5-4-6-8-15)25-21(23)30-20(18)28-29(22(30)31)11-17-27-26-14(3)32-17/h4-10H,11H2,1-3H3,(H2,23,25)/p+1. The van der Waals surface area contributed by atoms with Crippen LogP contribution in [0.2, 0.25) is 0 Å². The molecule has 10 nitrogen and oxygen atoms in total. The highest BCUT2D eigenvalue weighted by molar-refractivity contribution is 5.88. The smallest absolute Gasteiger partial charge is 0.411 e. The molecule has 5 aromatic rings. The Morgan fingerprint density at radius 2 is 1.75 bits per heavy atom. The lowest BCUT2D eigenvalue weighted by molar-refractivity contribution is -0.351. The van der Waals surface area contributed by atoms with Gasteiger partial charge in [0.2, 0.25) is 17.4 Å². The summed E-state index contributed by atoms with van der Waals surface area (Å²) in [6.45, 7) is 5.59. The summed E-state index contributed by atoms with van der Waals surface area (Å²) in [5.74, 6) is 0.874. The monoisotopic (exact) mass is 429 g/mol. The molecule has 4 aromatic heterocycles. The first kappa shape index (κ1) is 19.6. The first-order valence-electron chi connectivity index (χ1n) is 10.0. The van der Waals surface area contributed by atoms with Gasteiger partial charge in [-0.05, 0) is 31.5 Å². The van der Waals surface area contributed by atoms with E-state index in [1.165, 1.54) is 9.08 Å². The van der Waals surface area contributed by atoms with E-state index in [1.807, 2.05) is 56.3 Å². The number of aromatic amines is 1. The zero-order valence-electron chi connectivity index (χ0n) is 17.8. The van der Waals surface area contributed by atoms with Crippen molar-refractivity contribution in [2.24, 2.45) is 0 Å². The molecule has 0 saturated carbocycles. The number of H-pyrrole nitrogens is 1. The van der Waals surface area contributed by atoms with E-state index in [-0.39, 0.29) is 18.4 Å². The van der Waals surface area contributed by atoms with E-state index >= 15 is 0 Å². The van der Waals surface area contributed by atoms with Gasteiger partial charge in [0.25, 0.3) is 0 Å². The van der Waals surface area contributed by atoms with Gasteiger partial charge in [-0.1, -0.05) is 30.3 Å². The van der Waals surface area contributed by atoms with Crippen molar-refractivity contribution in [3.63, 3.8) is 0 Å². The minimum absolute atomic E-state index is 0.0370. The second kappa shape index (κ2) is 7.41. The van der Waals surface area contributed by atoms with Crippen LogP contribution in [0, 0.1) is 20.8 Å². The number of nitrogen functional groups attached to an aromatic ring is 1. The number of pyridine rings is 1. The number of benzene rings is 1. The molecule has 0 radical (unpaired) electrons. The fourth-order valence-electron chi connectivity index (χ4n) is 3.85. The van der Waals surface area contributed by atoms with E-state index in [9.17, 15) is 4.79 Å². The molecule has 5 rings (SSSR count). The Bertz CT molecular complexity index is 1490. The van der Waals surface area contributed by atoms with Crippen molar-refractivity contribution in [2.75, 3.05) is 5.73 Å². The van der Waals surface area contributed by atoms with Gasteiger partial charge in [-0.2, -0.15) is 4.68 Å². The SMILES string of the molecule is Cc1cc(-c2c(-c3ccccc3)[nH+]c(N)n3c(=O)n(Cc4nnc(C)o4)nc23)cc(C)n1. The molecule has 160 valence electrons. The summed E-state index contributed by atoms with van der Waals surface area (Å²) in [5.41, 5.74) is 11.3. The normalized spacial score (nSPS) is 11.3. The molecule has 32 heavy (non-hydrogen) atoms. The largest absolute Gasteiger partial charge is 0.424 e. The Balaban J connectivity index is 1.83. The fraction of sp³-hybridized carbons (Fsp3) is 0.182. The molecule has 0 saturated heterocycles. The van der Waals surface area contributed by atoms with Gasteiger partial charge in [0.05, 0.1) is 5.56 Å². The van der Waals surface area contributed by atoms with Crippen molar-refractivity contribution in [1.29, 1.82) is 0 Å². The molecule has 0 bridgehead atoms. The minimum Gasteiger partial charge on any atom is -0.424 e. The molecule has 0 unspecified atom stereocenters. The van der Waals surface area contributed by atoms with E-state index in [0.29, 0.717) is 11.5 Å². The summed E-state index contributed by atoms with van der Waals surface area (Å²) in [6, 6.07) is 13.7. The number of aromatic nitrogens is 7. The predicted octanol–water partition coefficient (Wildman–Crippen LogP) is 1.98. The third kappa shape index (κ3) is 3.31. The van der Waals surface area contributed by atoms with Crippen LogP contribution in [0.4, 0.5) is 5.95 Å². The number of nitrogens with zero attached hydrogens (tertiary/aromatic N) is 6. The van der Waals surface area contributed by atoms with Crippen LogP contribution in [0.15, 0.2) is 51.7 Å². The van der Waals surface area contributed by atoms with E-state index in [0.717, 1.165) is 33.8 Å². The van der Waals surface area contributed by atoms with Crippen molar-refractivity contribution in [3.8, 4) is 22.4 Å². The van der Waals surface area contributed by atoms with Crippen molar-refractivity contribution in [3.05, 3.63) is 76.1 Å². The van der Waals surface area contributed by atoms with Crippen LogP contribution >= 0.6 is 0 Å². The maximum atomic E-state index is 13.2. The van der Waals surface area contributed by atoms with E-state index in [2.05, 4.69) is 25.3 Å². The molecule has 0 aliphatic carbocycles. The molecule has 4 heterocycles. The van der Waals surface area contributed by atoms with Gasteiger partial charge >= 0.3 is 11.6 Å². The number of aryl methyl sites for hydroxylation is 3.